The molecule has 0 amide bonds. The Bertz CT molecular complexity index is 372. The van der Waals surface area contributed by atoms with Crippen LogP contribution in [0.1, 0.15) is 18.1 Å². The Labute approximate surface area is 96.9 Å². The number of nitrogens with two attached hydrogens (primary N) is 1. The summed E-state index contributed by atoms with van der Waals surface area (Å²) in [5.41, 5.74) is 7.64. The number of hydrogen-bond donors (Lipinski definition) is 1. The van der Waals surface area contributed by atoms with Crippen LogP contribution in [0, 0.1) is 0 Å². The van der Waals surface area contributed by atoms with E-state index in [2.05, 4.69) is 13.0 Å². The molecule has 1 aromatic rings. The van der Waals surface area contributed by atoms with E-state index in [1.165, 1.54) is 5.56 Å². The number of benzene rings is 1. The van der Waals surface area contributed by atoms with Gasteiger partial charge in [-0.1, -0.05) is 19.1 Å². The molecule has 0 spiro atoms. The highest BCUT2D eigenvalue weighted by atomic mass is 16.5. The highest BCUT2D eigenvalue weighted by Gasteiger charge is 2.07. The van der Waals surface area contributed by atoms with Gasteiger partial charge in [-0.3, -0.25) is 0 Å². The Morgan fingerprint density at radius 1 is 1.19 bits per heavy atom. The van der Waals surface area contributed by atoms with Crippen LogP contribution in [-0.2, 0) is 6.42 Å². The van der Waals surface area contributed by atoms with Crippen molar-refractivity contribution in [1.82, 2.24) is 0 Å². The first kappa shape index (κ1) is 12.6. The molecule has 0 aromatic heterocycles. The summed E-state index contributed by atoms with van der Waals surface area (Å²) >= 11 is 0. The zero-order valence-electron chi connectivity index (χ0n) is 10.1. The van der Waals surface area contributed by atoms with Crippen molar-refractivity contribution in [3.63, 3.8) is 0 Å². The zero-order chi connectivity index (χ0) is 12.0. The SMILES string of the molecule is CCc1cc(/C=C/CN)c(OC)cc1OC. The number of ether oxygens (including phenoxy) is 2. The van der Waals surface area contributed by atoms with E-state index in [1.807, 2.05) is 18.2 Å². The zero-order valence-corrected chi connectivity index (χ0v) is 10.1. The lowest BCUT2D eigenvalue weighted by Crippen LogP contribution is -1.96. The van der Waals surface area contributed by atoms with Crippen LogP contribution < -0.4 is 15.2 Å². The van der Waals surface area contributed by atoms with E-state index < -0.39 is 0 Å². The molecule has 0 aliphatic carbocycles. The molecule has 16 heavy (non-hydrogen) atoms. The molecule has 3 heteroatoms. The van der Waals surface area contributed by atoms with Crippen LogP contribution in [0.2, 0.25) is 0 Å². The third-order valence-corrected chi connectivity index (χ3v) is 2.45. The third-order valence-electron chi connectivity index (χ3n) is 2.45. The lowest BCUT2D eigenvalue weighted by molar-refractivity contribution is 0.391. The normalized spacial score (nSPS) is 10.8. The summed E-state index contributed by atoms with van der Waals surface area (Å²) in [6.07, 6.45) is 4.80. The van der Waals surface area contributed by atoms with E-state index in [4.69, 9.17) is 15.2 Å². The number of rotatable bonds is 5. The van der Waals surface area contributed by atoms with Crippen molar-refractivity contribution in [3.8, 4) is 11.5 Å². The lowest BCUT2D eigenvalue weighted by Gasteiger charge is -2.12. The van der Waals surface area contributed by atoms with Crippen molar-refractivity contribution in [3.05, 3.63) is 29.3 Å². The second kappa shape index (κ2) is 6.18. The minimum Gasteiger partial charge on any atom is -0.496 e. The van der Waals surface area contributed by atoms with Gasteiger partial charge in [-0.05, 0) is 18.1 Å². The van der Waals surface area contributed by atoms with E-state index in [-0.39, 0.29) is 0 Å². The summed E-state index contributed by atoms with van der Waals surface area (Å²) in [5, 5.41) is 0. The summed E-state index contributed by atoms with van der Waals surface area (Å²) in [6, 6.07) is 3.98. The highest BCUT2D eigenvalue weighted by Crippen LogP contribution is 2.30. The molecule has 1 rings (SSSR count). The number of methoxy groups -OCH3 is 2. The molecule has 0 bridgehead atoms. The van der Waals surface area contributed by atoms with E-state index in [0.717, 1.165) is 23.5 Å². The molecular formula is C13H19NO2. The van der Waals surface area contributed by atoms with Gasteiger partial charge in [-0.15, -0.1) is 0 Å². The van der Waals surface area contributed by atoms with Gasteiger partial charge in [0.1, 0.15) is 11.5 Å². The Kier molecular flexibility index (Phi) is 4.86. The summed E-state index contributed by atoms with van der Waals surface area (Å²) in [4.78, 5) is 0. The molecule has 0 aliphatic rings. The van der Waals surface area contributed by atoms with Crippen LogP contribution in [0.3, 0.4) is 0 Å². The lowest BCUT2D eigenvalue weighted by atomic mass is 10.1. The minimum atomic E-state index is 0.524. The monoisotopic (exact) mass is 221 g/mol. The molecule has 0 fully saturated rings. The Hall–Kier alpha value is -1.48. The molecule has 0 atom stereocenters. The van der Waals surface area contributed by atoms with Gasteiger partial charge in [0.15, 0.2) is 0 Å². The fraction of sp³-hybridized carbons (Fsp3) is 0.385. The van der Waals surface area contributed by atoms with Gasteiger partial charge in [0.2, 0.25) is 0 Å². The van der Waals surface area contributed by atoms with Crippen molar-refractivity contribution >= 4 is 6.08 Å². The third kappa shape index (κ3) is 2.76. The average molecular weight is 221 g/mol. The van der Waals surface area contributed by atoms with E-state index in [0.29, 0.717) is 6.54 Å². The molecule has 0 unspecified atom stereocenters. The van der Waals surface area contributed by atoms with Crippen LogP contribution in [-0.4, -0.2) is 20.8 Å². The topological polar surface area (TPSA) is 44.5 Å². The Balaban J connectivity index is 3.20. The molecule has 2 N–H and O–H groups in total. The van der Waals surface area contributed by atoms with Gasteiger partial charge in [-0.25, -0.2) is 0 Å². The summed E-state index contributed by atoms with van der Waals surface area (Å²) in [7, 11) is 3.32. The van der Waals surface area contributed by atoms with Crippen molar-refractivity contribution in [2.24, 2.45) is 5.73 Å². The van der Waals surface area contributed by atoms with E-state index in [1.54, 1.807) is 14.2 Å². The Morgan fingerprint density at radius 2 is 1.88 bits per heavy atom. The van der Waals surface area contributed by atoms with Gasteiger partial charge in [0.05, 0.1) is 14.2 Å². The fourth-order valence-electron chi connectivity index (χ4n) is 1.59. The summed E-state index contributed by atoms with van der Waals surface area (Å²) in [5.74, 6) is 1.67. The fourth-order valence-corrected chi connectivity index (χ4v) is 1.59. The van der Waals surface area contributed by atoms with Gasteiger partial charge in [0, 0.05) is 18.2 Å². The second-order valence-corrected chi connectivity index (χ2v) is 3.40. The van der Waals surface area contributed by atoms with E-state index >= 15 is 0 Å². The van der Waals surface area contributed by atoms with E-state index in [9.17, 15) is 0 Å². The van der Waals surface area contributed by atoms with Crippen molar-refractivity contribution in [1.29, 1.82) is 0 Å². The first-order valence-electron chi connectivity index (χ1n) is 5.38. The van der Waals surface area contributed by atoms with Crippen LogP contribution in [0.5, 0.6) is 11.5 Å². The molecule has 88 valence electrons. The summed E-state index contributed by atoms with van der Waals surface area (Å²) < 4.78 is 10.6. The first-order valence-corrected chi connectivity index (χ1v) is 5.38. The average Bonchev–Trinajstić information content (AvgIpc) is 2.35. The molecule has 0 saturated carbocycles. The van der Waals surface area contributed by atoms with Gasteiger partial charge in [0.25, 0.3) is 0 Å². The molecule has 0 aliphatic heterocycles. The van der Waals surface area contributed by atoms with Crippen LogP contribution >= 0.6 is 0 Å². The van der Waals surface area contributed by atoms with Crippen molar-refractivity contribution in [2.75, 3.05) is 20.8 Å². The van der Waals surface area contributed by atoms with Gasteiger partial charge in [-0.2, -0.15) is 0 Å². The minimum absolute atomic E-state index is 0.524. The smallest absolute Gasteiger partial charge is 0.129 e. The predicted octanol–water partition coefficient (Wildman–Crippen LogP) is 2.24. The largest absolute Gasteiger partial charge is 0.496 e. The molecule has 0 saturated heterocycles. The summed E-state index contributed by atoms with van der Waals surface area (Å²) in [6.45, 7) is 2.62. The number of hydrogen-bond acceptors (Lipinski definition) is 3. The predicted molar refractivity (Wildman–Crippen MR) is 67.0 cm³/mol. The first-order chi connectivity index (χ1) is 7.76. The molecule has 0 heterocycles. The van der Waals surface area contributed by atoms with Gasteiger partial charge >= 0.3 is 0 Å². The second-order valence-electron chi connectivity index (χ2n) is 3.40. The standard InChI is InChI=1S/C13H19NO2/c1-4-10-8-11(6-5-7-14)13(16-3)9-12(10)15-2/h5-6,8-9H,4,7,14H2,1-3H3/b6-5+. The maximum Gasteiger partial charge on any atom is 0.129 e. The highest BCUT2D eigenvalue weighted by molar-refractivity contribution is 5.61. The van der Waals surface area contributed by atoms with Crippen molar-refractivity contribution in [2.45, 2.75) is 13.3 Å². The van der Waals surface area contributed by atoms with Crippen molar-refractivity contribution < 1.29 is 9.47 Å². The number of aryl methyl sites for hydroxylation is 1. The Morgan fingerprint density at radius 3 is 2.38 bits per heavy atom. The van der Waals surface area contributed by atoms with Crippen LogP contribution in [0.4, 0.5) is 0 Å². The van der Waals surface area contributed by atoms with Crippen LogP contribution in [0.25, 0.3) is 6.08 Å². The quantitative estimate of drug-likeness (QED) is 0.829. The molecule has 0 radical (unpaired) electrons. The molecule has 1 aromatic carbocycles. The van der Waals surface area contributed by atoms with Crippen LogP contribution in [0.15, 0.2) is 18.2 Å². The molecular weight excluding hydrogens is 202 g/mol. The maximum absolute atomic E-state index is 5.44. The maximum atomic E-state index is 5.44. The van der Waals surface area contributed by atoms with Gasteiger partial charge < -0.3 is 15.2 Å². The molecule has 3 nitrogen and oxygen atoms in total.